The zero-order valence-electron chi connectivity index (χ0n) is 18.5. The van der Waals surface area contributed by atoms with Crippen molar-refractivity contribution in [3.05, 3.63) is 51.2 Å². The lowest BCUT2D eigenvalue weighted by molar-refractivity contribution is -0.141. The molecule has 0 saturated heterocycles. The summed E-state index contributed by atoms with van der Waals surface area (Å²) in [5.74, 6) is -0.214. The number of hydrogen-bond acceptors (Lipinski definition) is 5. The highest BCUT2D eigenvalue weighted by Gasteiger charge is 2.30. The third-order valence-corrected chi connectivity index (χ3v) is 7.00. The molecule has 7 heteroatoms. The van der Waals surface area contributed by atoms with Gasteiger partial charge in [0, 0.05) is 10.6 Å². The van der Waals surface area contributed by atoms with Crippen LogP contribution in [0, 0.1) is 11.3 Å². The van der Waals surface area contributed by atoms with Gasteiger partial charge in [-0.3, -0.25) is 14.4 Å². The van der Waals surface area contributed by atoms with E-state index in [1.807, 2.05) is 6.07 Å². The Morgan fingerprint density at radius 2 is 1.87 bits per heavy atom. The minimum absolute atomic E-state index is 0.102. The second kappa shape index (κ2) is 9.64. The van der Waals surface area contributed by atoms with Crippen molar-refractivity contribution >= 4 is 34.8 Å². The molecule has 1 aromatic carbocycles. The van der Waals surface area contributed by atoms with E-state index in [0.29, 0.717) is 11.6 Å². The Morgan fingerprint density at radius 1 is 1.16 bits per heavy atom. The van der Waals surface area contributed by atoms with Gasteiger partial charge in [-0.25, -0.2) is 0 Å². The highest BCUT2D eigenvalue weighted by atomic mass is 32.1. The maximum atomic E-state index is 12.7. The van der Waals surface area contributed by atoms with Crippen LogP contribution in [0.3, 0.4) is 0 Å². The molecule has 0 fully saturated rings. The Morgan fingerprint density at radius 3 is 2.52 bits per heavy atom. The first-order chi connectivity index (χ1) is 14.7. The summed E-state index contributed by atoms with van der Waals surface area (Å²) >= 11 is 1.59. The van der Waals surface area contributed by atoms with Gasteiger partial charge in [-0.05, 0) is 59.9 Å². The van der Waals surface area contributed by atoms with Crippen LogP contribution in [-0.4, -0.2) is 31.4 Å². The third-order valence-electron chi connectivity index (χ3n) is 5.77. The lowest BCUT2D eigenvalue weighted by Gasteiger charge is -2.33. The zero-order valence-corrected chi connectivity index (χ0v) is 19.4. The van der Waals surface area contributed by atoms with E-state index in [1.54, 1.807) is 35.6 Å². The molecule has 31 heavy (non-hydrogen) atoms. The average Bonchev–Trinajstić information content (AvgIpc) is 3.16. The molecule has 1 unspecified atom stereocenters. The Balaban J connectivity index is 1.56. The van der Waals surface area contributed by atoms with Crippen LogP contribution in [0.25, 0.3) is 0 Å². The highest BCUT2D eigenvalue weighted by molar-refractivity contribution is 7.14. The summed E-state index contributed by atoms with van der Waals surface area (Å²) in [6.45, 7) is 6.71. The van der Waals surface area contributed by atoms with E-state index in [-0.39, 0.29) is 30.2 Å². The van der Waals surface area contributed by atoms with Gasteiger partial charge in [0.1, 0.15) is 6.54 Å². The van der Waals surface area contributed by atoms with Crippen LogP contribution >= 0.6 is 11.3 Å². The number of rotatable bonds is 6. The van der Waals surface area contributed by atoms with Crippen LogP contribution in [0.15, 0.2) is 30.3 Å². The maximum absolute atomic E-state index is 12.7. The second-order valence-corrected chi connectivity index (χ2v) is 10.2. The largest absolute Gasteiger partial charge is 0.468 e. The van der Waals surface area contributed by atoms with Crippen molar-refractivity contribution in [1.82, 2.24) is 5.32 Å². The Kier molecular flexibility index (Phi) is 7.15. The number of benzene rings is 1. The first kappa shape index (κ1) is 23.0. The van der Waals surface area contributed by atoms with Gasteiger partial charge in [-0.2, -0.15) is 0 Å². The molecule has 166 valence electrons. The molecule has 2 N–H and O–H groups in total. The number of esters is 1. The summed E-state index contributed by atoms with van der Waals surface area (Å²) in [5, 5.41) is 5.45. The Labute approximate surface area is 187 Å². The summed E-state index contributed by atoms with van der Waals surface area (Å²) < 4.78 is 4.49. The number of hydrogen-bond donors (Lipinski definition) is 2. The number of anilines is 1. The van der Waals surface area contributed by atoms with Crippen LogP contribution in [-0.2, 0) is 33.6 Å². The standard InChI is InChI=1S/C24H30N2O4S/c1-24(2,3)17-7-10-19-16(12-17)13-20(31-19)23(29)26-18-8-5-15(6-9-18)11-21(27)25-14-22(28)30-4/h5-6,8-9,13,17H,7,10-12,14H2,1-4H3,(H,25,27)(H,26,29). The van der Waals surface area contributed by atoms with E-state index in [9.17, 15) is 14.4 Å². The van der Waals surface area contributed by atoms with Gasteiger partial charge in [0.25, 0.3) is 5.91 Å². The number of methoxy groups -OCH3 is 1. The fourth-order valence-electron chi connectivity index (χ4n) is 3.76. The number of amides is 2. The van der Waals surface area contributed by atoms with Crippen molar-refractivity contribution in [2.75, 3.05) is 19.0 Å². The molecule has 1 aliphatic rings. The number of thiophene rings is 1. The first-order valence-electron chi connectivity index (χ1n) is 10.5. The topological polar surface area (TPSA) is 84.5 Å². The van der Waals surface area contributed by atoms with Crippen molar-refractivity contribution < 1.29 is 19.1 Å². The molecule has 0 saturated carbocycles. The molecule has 3 rings (SSSR count). The zero-order chi connectivity index (χ0) is 22.6. The summed E-state index contributed by atoms with van der Waals surface area (Å²) in [7, 11) is 1.27. The minimum Gasteiger partial charge on any atom is -0.468 e. The molecule has 2 amide bonds. The Hall–Kier alpha value is -2.67. The van der Waals surface area contributed by atoms with Crippen molar-refractivity contribution in [3.63, 3.8) is 0 Å². The van der Waals surface area contributed by atoms with Crippen LogP contribution in [0.2, 0.25) is 0 Å². The second-order valence-electron chi connectivity index (χ2n) is 9.05. The Bertz CT molecular complexity index is 957. The van der Waals surface area contributed by atoms with Crippen LogP contribution in [0.4, 0.5) is 5.69 Å². The van der Waals surface area contributed by atoms with Crippen LogP contribution < -0.4 is 10.6 Å². The van der Waals surface area contributed by atoms with Gasteiger partial charge in [0.05, 0.1) is 18.4 Å². The van der Waals surface area contributed by atoms with Crippen LogP contribution in [0.1, 0.15) is 52.9 Å². The predicted octanol–water partition coefficient (Wildman–Crippen LogP) is 3.98. The molecule has 0 radical (unpaired) electrons. The van der Waals surface area contributed by atoms with Gasteiger partial charge in [0.2, 0.25) is 5.91 Å². The number of carbonyl (C=O) groups is 3. The lowest BCUT2D eigenvalue weighted by Crippen LogP contribution is -2.31. The molecule has 1 aromatic heterocycles. The van der Waals surface area contributed by atoms with Crippen molar-refractivity contribution in [1.29, 1.82) is 0 Å². The molecular weight excluding hydrogens is 412 g/mol. The molecule has 0 spiro atoms. The molecule has 0 bridgehead atoms. The summed E-state index contributed by atoms with van der Waals surface area (Å²) in [6, 6.07) is 9.20. The lowest BCUT2D eigenvalue weighted by atomic mass is 9.72. The number of nitrogens with one attached hydrogen (secondary N) is 2. The van der Waals surface area contributed by atoms with Gasteiger partial charge < -0.3 is 15.4 Å². The molecule has 2 aromatic rings. The first-order valence-corrected chi connectivity index (χ1v) is 11.3. The molecule has 6 nitrogen and oxygen atoms in total. The normalized spacial score (nSPS) is 15.7. The van der Waals surface area contributed by atoms with E-state index in [2.05, 4.69) is 36.1 Å². The third kappa shape index (κ3) is 6.17. The fourth-order valence-corrected chi connectivity index (χ4v) is 4.87. The molecular formula is C24H30N2O4S. The monoisotopic (exact) mass is 442 g/mol. The van der Waals surface area contributed by atoms with E-state index >= 15 is 0 Å². The molecule has 1 heterocycles. The van der Waals surface area contributed by atoms with E-state index in [0.717, 1.165) is 23.3 Å². The summed E-state index contributed by atoms with van der Waals surface area (Å²) in [4.78, 5) is 37.8. The molecule has 1 aliphatic carbocycles. The minimum atomic E-state index is -0.490. The fraction of sp³-hybridized carbons (Fsp3) is 0.458. The number of fused-ring (bicyclic) bond motifs is 1. The van der Waals surface area contributed by atoms with Gasteiger partial charge >= 0.3 is 5.97 Å². The van der Waals surface area contributed by atoms with Gasteiger partial charge in [-0.1, -0.05) is 32.9 Å². The van der Waals surface area contributed by atoms with Crippen molar-refractivity contribution in [3.8, 4) is 0 Å². The summed E-state index contributed by atoms with van der Waals surface area (Å²) in [5.41, 5.74) is 3.07. The molecule has 1 atom stereocenters. The quantitative estimate of drug-likeness (QED) is 0.663. The van der Waals surface area contributed by atoms with E-state index in [1.165, 1.54) is 24.0 Å². The van der Waals surface area contributed by atoms with Gasteiger partial charge in [0.15, 0.2) is 0 Å². The van der Waals surface area contributed by atoms with Crippen molar-refractivity contribution in [2.24, 2.45) is 11.3 Å². The average molecular weight is 443 g/mol. The van der Waals surface area contributed by atoms with Crippen LogP contribution in [0.5, 0.6) is 0 Å². The van der Waals surface area contributed by atoms with E-state index < -0.39 is 5.97 Å². The summed E-state index contributed by atoms with van der Waals surface area (Å²) in [6.07, 6.45) is 3.40. The predicted molar refractivity (Wildman–Crippen MR) is 122 cm³/mol. The number of aryl methyl sites for hydroxylation is 1. The number of carbonyl (C=O) groups excluding carboxylic acids is 3. The maximum Gasteiger partial charge on any atom is 0.325 e. The van der Waals surface area contributed by atoms with Crippen molar-refractivity contribution in [2.45, 2.75) is 46.5 Å². The molecule has 0 aliphatic heterocycles. The SMILES string of the molecule is COC(=O)CNC(=O)Cc1ccc(NC(=O)c2cc3c(s2)CCC(C(C)(C)C)C3)cc1. The smallest absolute Gasteiger partial charge is 0.325 e. The van der Waals surface area contributed by atoms with E-state index in [4.69, 9.17) is 0 Å². The number of ether oxygens (including phenoxy) is 1. The highest BCUT2D eigenvalue weighted by Crippen LogP contribution is 2.40. The van der Waals surface area contributed by atoms with Gasteiger partial charge in [-0.15, -0.1) is 11.3 Å².